The normalized spacial score (nSPS) is 11.9. The Morgan fingerprint density at radius 3 is 2.59 bits per heavy atom. The van der Waals surface area contributed by atoms with Crippen molar-refractivity contribution in [3.05, 3.63) is 69.9 Å². The van der Waals surface area contributed by atoms with E-state index >= 15 is 0 Å². The van der Waals surface area contributed by atoms with Crippen LogP contribution in [0.15, 0.2) is 41.4 Å². The van der Waals surface area contributed by atoms with Gasteiger partial charge in [-0.3, -0.25) is 4.79 Å². The molecule has 3 heterocycles. The Hall–Kier alpha value is -4.00. The van der Waals surface area contributed by atoms with Gasteiger partial charge in [-0.25, -0.2) is 9.67 Å². The average Bonchev–Trinajstić information content (AvgIpc) is 3.53. The molecule has 0 saturated carbocycles. The van der Waals surface area contributed by atoms with Crippen LogP contribution in [0.3, 0.4) is 0 Å². The molecule has 0 spiro atoms. The number of hydrogen-bond donors (Lipinski definition) is 2. The van der Waals surface area contributed by atoms with Crippen molar-refractivity contribution in [1.82, 2.24) is 40.3 Å². The molecule has 16 heteroatoms. The fourth-order valence-electron chi connectivity index (χ4n) is 3.53. The van der Waals surface area contributed by atoms with Gasteiger partial charge in [0.05, 0.1) is 28.0 Å². The molecular weight excluding hydrogens is 581 g/mol. The van der Waals surface area contributed by atoms with Crippen molar-refractivity contribution in [2.75, 3.05) is 11.2 Å². The highest BCUT2D eigenvalue weighted by Gasteiger charge is 2.37. The lowest BCUT2D eigenvalue weighted by Gasteiger charge is -2.21. The number of nitriles is 1. The fraction of sp³-hybridized carbons (Fsp3) is 0.320. The highest BCUT2D eigenvalue weighted by atomic mass is 35.5. The van der Waals surface area contributed by atoms with Crippen molar-refractivity contribution in [1.29, 1.82) is 5.26 Å². The number of nitrogens with one attached hydrogen (secondary N) is 2. The summed E-state index contributed by atoms with van der Waals surface area (Å²) >= 11 is 7.75. The number of aryl methyl sites for hydroxylation is 1. The van der Waals surface area contributed by atoms with Gasteiger partial charge in [-0.05, 0) is 68.8 Å². The number of pyridine rings is 1. The number of carbonyl (C=O) groups excluding carboxylic acids is 1. The minimum absolute atomic E-state index is 0.00397. The second-order valence-electron chi connectivity index (χ2n) is 9.83. The molecule has 214 valence electrons. The molecule has 41 heavy (non-hydrogen) atoms. The Bertz CT molecular complexity index is 1620. The predicted molar refractivity (Wildman–Crippen MR) is 146 cm³/mol. The number of rotatable bonds is 8. The molecule has 1 aromatic carbocycles. The number of anilines is 1. The molecular formula is C25H24ClF3N10OS. The van der Waals surface area contributed by atoms with E-state index in [0.717, 1.165) is 4.80 Å². The van der Waals surface area contributed by atoms with Crippen LogP contribution in [0.25, 0.3) is 5.82 Å². The molecule has 0 saturated heterocycles. The topological polar surface area (TPSA) is 139 Å². The SMILES string of the molecule is Cc1cc(C#N)cc(SCNC(C)(C)C)c1NC(=O)c1cc(Cn2nnc(C(F)(F)F)n2)nn1-c1ncccc1Cl. The van der Waals surface area contributed by atoms with Gasteiger partial charge in [-0.15, -0.1) is 22.0 Å². The van der Waals surface area contributed by atoms with Crippen molar-refractivity contribution in [3.63, 3.8) is 0 Å². The van der Waals surface area contributed by atoms with Gasteiger partial charge in [-0.1, -0.05) is 11.6 Å². The number of benzene rings is 1. The first-order valence-corrected chi connectivity index (χ1v) is 13.4. The van der Waals surface area contributed by atoms with E-state index in [0.29, 0.717) is 27.6 Å². The van der Waals surface area contributed by atoms with Gasteiger partial charge in [0, 0.05) is 22.5 Å². The van der Waals surface area contributed by atoms with E-state index < -0.39 is 17.9 Å². The lowest BCUT2D eigenvalue weighted by atomic mass is 10.1. The molecule has 0 fully saturated rings. The molecule has 0 aliphatic heterocycles. The first kappa shape index (κ1) is 30.0. The number of tetrazole rings is 1. The number of alkyl halides is 3. The van der Waals surface area contributed by atoms with E-state index in [2.05, 4.69) is 42.2 Å². The van der Waals surface area contributed by atoms with Crippen LogP contribution in [0.4, 0.5) is 18.9 Å². The van der Waals surface area contributed by atoms with E-state index in [9.17, 15) is 23.2 Å². The second-order valence-corrected chi connectivity index (χ2v) is 11.3. The van der Waals surface area contributed by atoms with Crippen LogP contribution in [-0.4, -0.2) is 52.3 Å². The molecule has 0 aliphatic carbocycles. The minimum atomic E-state index is -4.76. The van der Waals surface area contributed by atoms with Crippen LogP contribution >= 0.6 is 23.4 Å². The van der Waals surface area contributed by atoms with Crippen molar-refractivity contribution in [3.8, 4) is 11.9 Å². The molecule has 3 aromatic heterocycles. The molecule has 2 N–H and O–H groups in total. The molecule has 4 aromatic rings. The van der Waals surface area contributed by atoms with E-state index in [4.69, 9.17) is 11.6 Å². The predicted octanol–water partition coefficient (Wildman–Crippen LogP) is 4.84. The summed E-state index contributed by atoms with van der Waals surface area (Å²) in [7, 11) is 0. The summed E-state index contributed by atoms with van der Waals surface area (Å²) in [6, 6.07) is 10.0. The van der Waals surface area contributed by atoms with E-state index in [1.807, 2.05) is 20.8 Å². The van der Waals surface area contributed by atoms with Crippen LogP contribution in [0.5, 0.6) is 0 Å². The lowest BCUT2D eigenvalue weighted by molar-refractivity contribution is -0.145. The zero-order valence-corrected chi connectivity index (χ0v) is 23.9. The van der Waals surface area contributed by atoms with Crippen molar-refractivity contribution >= 4 is 35.0 Å². The third-order valence-electron chi connectivity index (χ3n) is 5.44. The van der Waals surface area contributed by atoms with Gasteiger partial charge in [0.15, 0.2) is 5.82 Å². The molecule has 11 nitrogen and oxygen atoms in total. The number of aromatic nitrogens is 7. The molecule has 1 amide bonds. The third-order valence-corrected chi connectivity index (χ3v) is 6.66. The van der Waals surface area contributed by atoms with E-state index in [-0.39, 0.29) is 34.3 Å². The van der Waals surface area contributed by atoms with Crippen LogP contribution in [-0.2, 0) is 12.7 Å². The highest BCUT2D eigenvalue weighted by Crippen LogP contribution is 2.32. The summed E-state index contributed by atoms with van der Waals surface area (Å²) in [5.41, 5.74) is 1.59. The summed E-state index contributed by atoms with van der Waals surface area (Å²) in [4.78, 5) is 19.3. The van der Waals surface area contributed by atoms with Crippen LogP contribution in [0.1, 0.15) is 53.9 Å². The molecule has 0 aliphatic rings. The van der Waals surface area contributed by atoms with E-state index in [1.54, 1.807) is 31.2 Å². The molecule has 0 unspecified atom stereocenters. The van der Waals surface area contributed by atoms with Gasteiger partial charge >= 0.3 is 6.18 Å². The first-order chi connectivity index (χ1) is 19.2. The molecule has 4 rings (SSSR count). The Balaban J connectivity index is 1.70. The van der Waals surface area contributed by atoms with Crippen molar-refractivity contribution in [2.45, 2.75) is 50.9 Å². The Kier molecular flexibility index (Phi) is 8.66. The number of hydrogen-bond acceptors (Lipinski definition) is 9. The largest absolute Gasteiger partial charge is 0.455 e. The van der Waals surface area contributed by atoms with E-state index in [1.165, 1.54) is 28.7 Å². The Labute approximate surface area is 242 Å². The number of halogens is 4. The summed E-state index contributed by atoms with van der Waals surface area (Å²) in [5.74, 6) is -1.35. The van der Waals surface area contributed by atoms with Crippen LogP contribution < -0.4 is 10.6 Å². The summed E-state index contributed by atoms with van der Waals surface area (Å²) in [6.45, 7) is 7.52. The number of thioether (sulfide) groups is 1. The summed E-state index contributed by atoms with van der Waals surface area (Å²) in [6.07, 6.45) is -3.30. The highest BCUT2D eigenvalue weighted by molar-refractivity contribution is 7.99. The Morgan fingerprint density at radius 1 is 1.20 bits per heavy atom. The average molecular weight is 605 g/mol. The first-order valence-electron chi connectivity index (χ1n) is 12.0. The van der Waals surface area contributed by atoms with Crippen LogP contribution in [0.2, 0.25) is 5.02 Å². The Morgan fingerprint density at radius 2 is 1.95 bits per heavy atom. The van der Waals surface area contributed by atoms with Gasteiger partial charge < -0.3 is 10.6 Å². The quantitative estimate of drug-likeness (QED) is 0.213. The second kappa shape index (κ2) is 11.9. The molecule has 0 radical (unpaired) electrons. The maximum Gasteiger partial charge on any atom is 0.455 e. The van der Waals surface area contributed by atoms with Gasteiger partial charge in [-0.2, -0.15) is 28.3 Å². The third kappa shape index (κ3) is 7.40. The smallest absolute Gasteiger partial charge is 0.319 e. The molecule has 0 bridgehead atoms. The zero-order chi connectivity index (χ0) is 29.9. The number of nitrogens with zero attached hydrogens (tertiary/aromatic N) is 8. The van der Waals surface area contributed by atoms with Crippen molar-refractivity contribution < 1.29 is 18.0 Å². The van der Waals surface area contributed by atoms with Crippen LogP contribution in [0, 0.1) is 18.3 Å². The maximum atomic E-state index is 13.7. The summed E-state index contributed by atoms with van der Waals surface area (Å²) < 4.78 is 40.0. The van der Waals surface area contributed by atoms with Gasteiger partial charge in [0.25, 0.3) is 11.7 Å². The minimum Gasteiger partial charge on any atom is -0.319 e. The summed E-state index contributed by atoms with van der Waals surface area (Å²) in [5, 5.41) is 30.1. The number of carbonyl (C=O) groups is 1. The number of amides is 1. The fourth-order valence-corrected chi connectivity index (χ4v) is 4.96. The monoisotopic (exact) mass is 604 g/mol. The standard InChI is InChI=1S/C25H24ClF3N10OS/c1-14-8-15(11-30)9-19(41-13-32-24(2,3)4)20(14)33-22(40)18-10-16(12-38-36-23(34-37-38)25(27,28)29)35-39(18)21-17(26)6-5-7-31-21/h5-10,32H,12-13H2,1-4H3,(H,33,40). The molecule has 0 atom stereocenters. The van der Waals surface area contributed by atoms with Crippen molar-refractivity contribution in [2.24, 2.45) is 0 Å². The maximum absolute atomic E-state index is 13.7. The lowest BCUT2D eigenvalue weighted by Crippen LogP contribution is -2.35. The van der Waals surface area contributed by atoms with Gasteiger partial charge in [0.2, 0.25) is 0 Å². The van der Waals surface area contributed by atoms with Gasteiger partial charge in [0.1, 0.15) is 12.2 Å². The zero-order valence-electron chi connectivity index (χ0n) is 22.3.